The van der Waals surface area contributed by atoms with E-state index >= 15 is 0 Å². The third-order valence-corrected chi connectivity index (χ3v) is 1.63. The second kappa shape index (κ2) is 3.85. The SMILES string of the molecule is CC(C)n1nc(CC#N)ccc1=O. The van der Waals surface area contributed by atoms with Gasteiger partial charge in [0.1, 0.15) is 0 Å². The molecular formula is C9H11N3O. The maximum Gasteiger partial charge on any atom is 0.266 e. The standard InChI is InChI=1S/C9H11N3O/c1-7(2)12-9(13)4-3-8(11-12)5-6-10/h3-4,7H,5H2,1-2H3. The highest BCUT2D eigenvalue weighted by molar-refractivity contribution is 5.05. The molecule has 13 heavy (non-hydrogen) atoms. The molecule has 68 valence electrons. The summed E-state index contributed by atoms with van der Waals surface area (Å²) in [4.78, 5) is 11.2. The lowest BCUT2D eigenvalue weighted by Gasteiger charge is -2.07. The second-order valence-electron chi connectivity index (χ2n) is 3.04. The summed E-state index contributed by atoms with van der Waals surface area (Å²) in [7, 11) is 0. The number of hydrogen-bond donors (Lipinski definition) is 0. The minimum absolute atomic E-state index is 0.0335. The molecule has 4 nitrogen and oxygen atoms in total. The van der Waals surface area contributed by atoms with E-state index in [1.165, 1.54) is 10.7 Å². The van der Waals surface area contributed by atoms with Gasteiger partial charge >= 0.3 is 0 Å². The van der Waals surface area contributed by atoms with E-state index in [9.17, 15) is 4.79 Å². The van der Waals surface area contributed by atoms with Crippen LogP contribution in [0.4, 0.5) is 0 Å². The van der Waals surface area contributed by atoms with Crippen molar-refractivity contribution in [2.24, 2.45) is 0 Å². The van der Waals surface area contributed by atoms with Crippen LogP contribution in [0.1, 0.15) is 25.6 Å². The molecule has 1 aromatic heterocycles. The predicted octanol–water partition coefficient (Wildman–Crippen LogP) is 0.890. The molecule has 0 amide bonds. The van der Waals surface area contributed by atoms with Gasteiger partial charge in [0.15, 0.2) is 0 Å². The zero-order valence-electron chi connectivity index (χ0n) is 7.69. The van der Waals surface area contributed by atoms with Gasteiger partial charge in [-0.05, 0) is 19.9 Å². The van der Waals surface area contributed by atoms with Crippen LogP contribution in [0, 0.1) is 11.3 Å². The van der Waals surface area contributed by atoms with E-state index in [1.807, 2.05) is 19.9 Å². The molecule has 0 radical (unpaired) electrons. The van der Waals surface area contributed by atoms with Crippen LogP contribution in [0.5, 0.6) is 0 Å². The summed E-state index contributed by atoms with van der Waals surface area (Å²) >= 11 is 0. The Morgan fingerprint density at radius 3 is 2.85 bits per heavy atom. The topological polar surface area (TPSA) is 58.7 Å². The second-order valence-corrected chi connectivity index (χ2v) is 3.04. The number of aromatic nitrogens is 2. The monoisotopic (exact) mass is 177 g/mol. The van der Waals surface area contributed by atoms with Crippen LogP contribution in [0.15, 0.2) is 16.9 Å². The van der Waals surface area contributed by atoms with E-state index in [-0.39, 0.29) is 18.0 Å². The highest BCUT2D eigenvalue weighted by Gasteiger charge is 2.02. The van der Waals surface area contributed by atoms with E-state index in [4.69, 9.17) is 5.26 Å². The number of hydrogen-bond acceptors (Lipinski definition) is 3. The first-order valence-corrected chi connectivity index (χ1v) is 4.11. The Balaban J connectivity index is 3.13. The smallest absolute Gasteiger partial charge is 0.266 e. The first-order chi connectivity index (χ1) is 6.15. The van der Waals surface area contributed by atoms with Crippen molar-refractivity contribution in [3.63, 3.8) is 0 Å². The van der Waals surface area contributed by atoms with Gasteiger partial charge in [0.2, 0.25) is 0 Å². The lowest BCUT2D eigenvalue weighted by atomic mass is 10.3. The fourth-order valence-electron chi connectivity index (χ4n) is 1.01. The minimum atomic E-state index is -0.128. The van der Waals surface area contributed by atoms with Gasteiger partial charge in [0.25, 0.3) is 5.56 Å². The normalized spacial score (nSPS) is 10.0. The summed E-state index contributed by atoms with van der Waals surface area (Å²) in [5.41, 5.74) is 0.507. The number of nitrogens with zero attached hydrogens (tertiary/aromatic N) is 3. The third-order valence-electron chi connectivity index (χ3n) is 1.63. The van der Waals surface area contributed by atoms with Crippen LogP contribution >= 0.6 is 0 Å². The Kier molecular flexibility index (Phi) is 2.80. The van der Waals surface area contributed by atoms with Crippen molar-refractivity contribution in [1.82, 2.24) is 9.78 Å². The van der Waals surface area contributed by atoms with Gasteiger partial charge in [0, 0.05) is 6.07 Å². The van der Waals surface area contributed by atoms with Gasteiger partial charge in [-0.15, -0.1) is 0 Å². The van der Waals surface area contributed by atoms with Crippen molar-refractivity contribution in [1.29, 1.82) is 5.26 Å². The molecule has 0 atom stereocenters. The van der Waals surface area contributed by atoms with Gasteiger partial charge in [-0.2, -0.15) is 10.4 Å². The Labute approximate surface area is 76.4 Å². The molecule has 0 bridgehead atoms. The molecule has 0 aliphatic carbocycles. The highest BCUT2D eigenvalue weighted by atomic mass is 16.1. The lowest BCUT2D eigenvalue weighted by Crippen LogP contribution is -2.24. The van der Waals surface area contributed by atoms with E-state index in [0.717, 1.165) is 0 Å². The average molecular weight is 177 g/mol. The quantitative estimate of drug-likeness (QED) is 0.674. The molecule has 0 N–H and O–H groups in total. The van der Waals surface area contributed by atoms with Crippen LogP contribution < -0.4 is 5.56 Å². The number of nitriles is 1. The first kappa shape index (κ1) is 9.46. The summed E-state index contributed by atoms with van der Waals surface area (Å²) in [6.07, 6.45) is 0.243. The molecule has 0 saturated carbocycles. The summed E-state index contributed by atoms with van der Waals surface area (Å²) < 4.78 is 1.38. The molecule has 0 aromatic carbocycles. The molecule has 0 unspecified atom stereocenters. The summed E-state index contributed by atoms with van der Waals surface area (Å²) in [6, 6.07) is 5.06. The first-order valence-electron chi connectivity index (χ1n) is 4.11. The fourth-order valence-corrected chi connectivity index (χ4v) is 1.01. The summed E-state index contributed by atoms with van der Waals surface area (Å²) in [5, 5.41) is 12.5. The van der Waals surface area contributed by atoms with Gasteiger partial charge in [0.05, 0.1) is 24.2 Å². The van der Waals surface area contributed by atoms with Gasteiger partial charge in [-0.3, -0.25) is 4.79 Å². The molecule has 0 aliphatic rings. The molecule has 0 fully saturated rings. The van der Waals surface area contributed by atoms with Crippen molar-refractivity contribution in [2.45, 2.75) is 26.3 Å². The Hall–Kier alpha value is -1.63. The highest BCUT2D eigenvalue weighted by Crippen LogP contribution is 1.98. The van der Waals surface area contributed by atoms with Crippen molar-refractivity contribution in [2.75, 3.05) is 0 Å². The van der Waals surface area contributed by atoms with Crippen molar-refractivity contribution in [3.8, 4) is 6.07 Å². The van der Waals surface area contributed by atoms with Crippen LogP contribution in [0.3, 0.4) is 0 Å². The van der Waals surface area contributed by atoms with Crippen molar-refractivity contribution < 1.29 is 0 Å². The van der Waals surface area contributed by atoms with Crippen LogP contribution in [0.2, 0.25) is 0 Å². The Morgan fingerprint density at radius 1 is 1.62 bits per heavy atom. The van der Waals surface area contributed by atoms with Crippen molar-refractivity contribution >= 4 is 0 Å². The zero-order valence-corrected chi connectivity index (χ0v) is 7.69. The Morgan fingerprint density at radius 2 is 2.31 bits per heavy atom. The summed E-state index contributed by atoms with van der Waals surface area (Å²) in [5.74, 6) is 0. The fraction of sp³-hybridized carbons (Fsp3) is 0.444. The predicted molar refractivity (Wildman–Crippen MR) is 48.2 cm³/mol. The minimum Gasteiger partial charge on any atom is -0.268 e. The van der Waals surface area contributed by atoms with E-state index in [1.54, 1.807) is 6.07 Å². The molecule has 1 aromatic rings. The zero-order chi connectivity index (χ0) is 9.84. The molecule has 0 aliphatic heterocycles. The van der Waals surface area contributed by atoms with Gasteiger partial charge < -0.3 is 0 Å². The van der Waals surface area contributed by atoms with Gasteiger partial charge in [-0.1, -0.05) is 0 Å². The van der Waals surface area contributed by atoms with E-state index in [2.05, 4.69) is 5.10 Å². The lowest BCUT2D eigenvalue weighted by molar-refractivity contribution is 0.495. The molecule has 0 spiro atoms. The van der Waals surface area contributed by atoms with Gasteiger partial charge in [-0.25, -0.2) is 4.68 Å². The molecule has 1 heterocycles. The molecule has 4 heteroatoms. The van der Waals surface area contributed by atoms with Crippen LogP contribution in [0.25, 0.3) is 0 Å². The van der Waals surface area contributed by atoms with Crippen molar-refractivity contribution in [3.05, 3.63) is 28.2 Å². The summed E-state index contributed by atoms with van der Waals surface area (Å²) in [6.45, 7) is 3.76. The van der Waals surface area contributed by atoms with Crippen LogP contribution in [-0.4, -0.2) is 9.78 Å². The maximum atomic E-state index is 11.2. The average Bonchev–Trinajstić information content (AvgIpc) is 2.08. The third kappa shape index (κ3) is 2.15. The van der Waals surface area contributed by atoms with E-state index < -0.39 is 0 Å². The Bertz CT molecular complexity index is 387. The molecule has 1 rings (SSSR count). The maximum absolute atomic E-state index is 11.2. The molecular weight excluding hydrogens is 166 g/mol. The van der Waals surface area contributed by atoms with Crippen LogP contribution in [-0.2, 0) is 6.42 Å². The largest absolute Gasteiger partial charge is 0.268 e. The molecule has 0 saturated heterocycles. The number of rotatable bonds is 2. The van der Waals surface area contributed by atoms with E-state index in [0.29, 0.717) is 5.69 Å².